The lowest BCUT2D eigenvalue weighted by Crippen LogP contribution is -2.25. The van der Waals surface area contributed by atoms with Crippen LogP contribution < -0.4 is 16.4 Å². The van der Waals surface area contributed by atoms with Gasteiger partial charge < -0.3 is 16.4 Å². The van der Waals surface area contributed by atoms with Gasteiger partial charge in [-0.25, -0.2) is 0 Å². The maximum atomic E-state index is 12.3. The minimum Gasteiger partial charge on any atom is -0.397 e. The molecule has 1 heterocycles. The van der Waals surface area contributed by atoms with E-state index in [2.05, 4.69) is 15.6 Å². The van der Waals surface area contributed by atoms with E-state index in [1.807, 2.05) is 12.1 Å². The number of carbonyl (C=O) groups is 2. The van der Waals surface area contributed by atoms with Gasteiger partial charge >= 0.3 is 0 Å². The van der Waals surface area contributed by atoms with Crippen LogP contribution in [0.2, 0.25) is 0 Å². The van der Waals surface area contributed by atoms with Crippen LogP contribution in [0, 0.1) is 5.92 Å². The van der Waals surface area contributed by atoms with Gasteiger partial charge in [0, 0.05) is 12.6 Å². The van der Waals surface area contributed by atoms with Gasteiger partial charge in [0.1, 0.15) is 0 Å². The molecule has 6 heteroatoms. The molecule has 1 aromatic carbocycles. The molecule has 0 aliphatic heterocycles. The summed E-state index contributed by atoms with van der Waals surface area (Å²) >= 11 is 0. The lowest BCUT2D eigenvalue weighted by atomic mass is 10.0. The number of rotatable bonds is 6. The second kappa shape index (κ2) is 8.47. The quantitative estimate of drug-likeness (QED) is 0.696. The minimum atomic E-state index is -0.271. The first-order chi connectivity index (χ1) is 12.6. The number of hydrogen-bond acceptors (Lipinski definition) is 4. The van der Waals surface area contributed by atoms with Crippen LogP contribution in [0.1, 0.15) is 48.2 Å². The highest BCUT2D eigenvalue weighted by molar-refractivity contribution is 6.05. The van der Waals surface area contributed by atoms with Crippen molar-refractivity contribution in [1.82, 2.24) is 10.3 Å². The van der Waals surface area contributed by atoms with Gasteiger partial charge in [-0.15, -0.1) is 0 Å². The first-order valence-corrected chi connectivity index (χ1v) is 8.99. The van der Waals surface area contributed by atoms with Crippen molar-refractivity contribution in [1.29, 1.82) is 0 Å². The van der Waals surface area contributed by atoms with E-state index in [4.69, 9.17) is 5.73 Å². The van der Waals surface area contributed by atoms with E-state index in [-0.39, 0.29) is 11.8 Å². The van der Waals surface area contributed by atoms with Crippen molar-refractivity contribution in [3.63, 3.8) is 0 Å². The molecule has 136 valence electrons. The summed E-state index contributed by atoms with van der Waals surface area (Å²) in [4.78, 5) is 28.5. The second-order valence-electron chi connectivity index (χ2n) is 6.71. The van der Waals surface area contributed by atoms with E-state index in [1.165, 1.54) is 19.0 Å². The molecule has 1 aromatic heterocycles. The summed E-state index contributed by atoms with van der Waals surface area (Å²) in [6, 6.07) is 10.5. The summed E-state index contributed by atoms with van der Waals surface area (Å²) in [6.45, 7) is 0.374. The number of amides is 2. The third kappa shape index (κ3) is 4.81. The number of hydrogen-bond donors (Lipinski definition) is 3. The Bertz CT molecular complexity index is 768. The fourth-order valence-electron chi connectivity index (χ4n) is 3.21. The van der Waals surface area contributed by atoms with Crippen LogP contribution in [0.15, 0.2) is 42.6 Å². The molecular weight excluding hydrogens is 328 g/mol. The minimum absolute atomic E-state index is 0.0695. The lowest BCUT2D eigenvalue weighted by Gasteiger charge is -2.10. The Balaban J connectivity index is 1.50. The van der Waals surface area contributed by atoms with E-state index in [0.717, 1.165) is 18.5 Å². The first kappa shape index (κ1) is 17.9. The molecule has 0 saturated heterocycles. The molecule has 1 fully saturated rings. The van der Waals surface area contributed by atoms with Crippen LogP contribution in [0.5, 0.6) is 0 Å². The number of aromatic nitrogens is 1. The monoisotopic (exact) mass is 352 g/mol. The average molecular weight is 352 g/mol. The first-order valence-electron chi connectivity index (χ1n) is 8.99. The molecule has 1 saturated carbocycles. The summed E-state index contributed by atoms with van der Waals surface area (Å²) in [7, 11) is 0. The summed E-state index contributed by atoms with van der Waals surface area (Å²) < 4.78 is 0. The van der Waals surface area contributed by atoms with Crippen LogP contribution >= 0.6 is 0 Å². The number of nitrogens with two attached hydrogens (primary N) is 1. The summed E-state index contributed by atoms with van der Waals surface area (Å²) in [5.74, 6) is 0.326. The molecule has 1 aliphatic rings. The third-order valence-electron chi connectivity index (χ3n) is 4.71. The summed E-state index contributed by atoms with van der Waals surface area (Å²) in [6.07, 6.45) is 6.88. The van der Waals surface area contributed by atoms with Crippen LogP contribution in [0.4, 0.5) is 11.4 Å². The van der Waals surface area contributed by atoms with Gasteiger partial charge in [-0.1, -0.05) is 25.0 Å². The molecule has 1 aliphatic carbocycles. The fraction of sp³-hybridized carbons (Fsp3) is 0.350. The van der Waals surface area contributed by atoms with Gasteiger partial charge in [-0.3, -0.25) is 14.6 Å². The zero-order valence-electron chi connectivity index (χ0n) is 14.7. The smallest absolute Gasteiger partial charge is 0.257 e. The molecule has 0 bridgehead atoms. The van der Waals surface area contributed by atoms with Crippen LogP contribution in [0.3, 0.4) is 0 Å². The molecule has 2 amide bonds. The Labute approximate surface area is 153 Å². The number of pyridine rings is 1. The van der Waals surface area contributed by atoms with Crippen molar-refractivity contribution in [2.45, 2.75) is 38.6 Å². The van der Waals surface area contributed by atoms with Crippen molar-refractivity contribution in [3.05, 3.63) is 53.9 Å². The number of benzene rings is 1. The highest BCUT2D eigenvalue weighted by Crippen LogP contribution is 2.27. The largest absolute Gasteiger partial charge is 0.397 e. The fourth-order valence-corrected chi connectivity index (χ4v) is 3.21. The van der Waals surface area contributed by atoms with E-state index >= 15 is 0 Å². The molecule has 0 atom stereocenters. The van der Waals surface area contributed by atoms with Crippen LogP contribution in [0.25, 0.3) is 0 Å². The standard InChI is InChI=1S/C20H24N4O2/c21-17-7-3-4-8-18(17)24-20(26)15-9-10-16(22-12-15)13-23-19(25)11-14-5-1-2-6-14/h3-4,7-10,12,14H,1-2,5-6,11,13,21H2,(H,23,25)(H,24,26). The van der Waals surface area contributed by atoms with Crippen LogP contribution in [-0.2, 0) is 11.3 Å². The summed E-state index contributed by atoms with van der Waals surface area (Å²) in [5.41, 5.74) is 8.07. The Morgan fingerprint density at radius 2 is 1.88 bits per heavy atom. The molecule has 26 heavy (non-hydrogen) atoms. The number of nitrogen functional groups attached to an aromatic ring is 1. The number of carbonyl (C=O) groups excluding carboxylic acids is 2. The Morgan fingerprint density at radius 1 is 1.12 bits per heavy atom. The summed E-state index contributed by atoms with van der Waals surface area (Å²) in [5, 5.41) is 5.67. The molecule has 3 rings (SSSR count). The van der Waals surface area contributed by atoms with Crippen molar-refractivity contribution >= 4 is 23.2 Å². The average Bonchev–Trinajstić information content (AvgIpc) is 3.15. The Kier molecular flexibility index (Phi) is 5.84. The van der Waals surface area contributed by atoms with Crippen molar-refractivity contribution in [2.24, 2.45) is 5.92 Å². The Morgan fingerprint density at radius 3 is 2.58 bits per heavy atom. The lowest BCUT2D eigenvalue weighted by molar-refractivity contribution is -0.122. The van der Waals surface area contributed by atoms with Crippen molar-refractivity contribution in [2.75, 3.05) is 11.1 Å². The second-order valence-corrected chi connectivity index (χ2v) is 6.71. The molecule has 4 N–H and O–H groups in total. The van der Waals surface area contributed by atoms with Crippen molar-refractivity contribution < 1.29 is 9.59 Å². The normalized spacial score (nSPS) is 14.2. The van der Waals surface area contributed by atoms with E-state index in [9.17, 15) is 9.59 Å². The maximum absolute atomic E-state index is 12.3. The third-order valence-corrected chi connectivity index (χ3v) is 4.71. The molecule has 0 spiro atoms. The topological polar surface area (TPSA) is 97.1 Å². The molecule has 0 radical (unpaired) electrons. The highest BCUT2D eigenvalue weighted by atomic mass is 16.2. The SMILES string of the molecule is Nc1ccccc1NC(=O)c1ccc(CNC(=O)CC2CCCC2)nc1. The van der Waals surface area contributed by atoms with Gasteiger partial charge in [0.2, 0.25) is 5.91 Å². The zero-order valence-corrected chi connectivity index (χ0v) is 14.7. The zero-order chi connectivity index (χ0) is 18.4. The predicted molar refractivity (Wildman–Crippen MR) is 101 cm³/mol. The number of para-hydroxylation sites is 2. The highest BCUT2D eigenvalue weighted by Gasteiger charge is 2.18. The number of anilines is 2. The molecule has 6 nitrogen and oxygen atoms in total. The van der Waals surface area contributed by atoms with E-state index in [0.29, 0.717) is 35.8 Å². The molecule has 2 aromatic rings. The number of nitrogens with zero attached hydrogens (tertiary/aromatic N) is 1. The number of nitrogens with one attached hydrogen (secondary N) is 2. The van der Waals surface area contributed by atoms with Gasteiger partial charge in [0.15, 0.2) is 0 Å². The van der Waals surface area contributed by atoms with E-state index in [1.54, 1.807) is 24.3 Å². The molecule has 0 unspecified atom stereocenters. The van der Waals surface area contributed by atoms with Crippen molar-refractivity contribution in [3.8, 4) is 0 Å². The van der Waals surface area contributed by atoms with Gasteiger partial charge in [0.25, 0.3) is 5.91 Å². The van der Waals surface area contributed by atoms with Gasteiger partial charge in [0.05, 0.1) is 29.2 Å². The van der Waals surface area contributed by atoms with E-state index < -0.39 is 0 Å². The maximum Gasteiger partial charge on any atom is 0.257 e. The predicted octanol–water partition coefficient (Wildman–Crippen LogP) is 3.11. The Hall–Kier alpha value is -2.89. The van der Waals surface area contributed by atoms with Gasteiger partial charge in [-0.2, -0.15) is 0 Å². The molecular formula is C20H24N4O2. The van der Waals surface area contributed by atoms with Crippen LogP contribution in [-0.4, -0.2) is 16.8 Å². The van der Waals surface area contributed by atoms with Gasteiger partial charge in [-0.05, 0) is 43.0 Å².